The van der Waals surface area contributed by atoms with Gasteiger partial charge in [0, 0.05) is 19.8 Å². The highest BCUT2D eigenvalue weighted by Crippen LogP contribution is 2.33. The summed E-state index contributed by atoms with van der Waals surface area (Å²) in [5.41, 5.74) is -0.310. The van der Waals surface area contributed by atoms with Crippen molar-refractivity contribution in [3.63, 3.8) is 0 Å². The SMILES string of the molecule is CCCCCCCCCC(=O)O[C@@H]1[C@@H](OC(CC(OC(C)=O)/C(C)=C/CO[C@@H]([C@H](O)[C@H](O)CO)[C@H](O)CO)C(C)(O)CCC=C(C)C)O[C@H](CO)[C@@H](O)[C@@H]1O. The fourth-order valence-corrected chi connectivity index (χ4v) is 6.17. The summed E-state index contributed by atoms with van der Waals surface area (Å²) >= 11 is 0. The number of aliphatic hydroxyl groups excluding tert-OH is 8. The number of hydrogen-bond acceptors (Lipinski definition) is 16. The molecule has 1 fully saturated rings. The molecule has 0 radical (unpaired) electrons. The fraction of sp³-hybridized carbons (Fsp3) is 0.846. The minimum absolute atomic E-state index is 0.0415. The van der Waals surface area contributed by atoms with Gasteiger partial charge in [-0.15, -0.1) is 0 Å². The number of ether oxygens (including phenoxy) is 5. The third kappa shape index (κ3) is 18.4. The number of carbonyl (C=O) groups excluding carboxylic acids is 2. The molecule has 1 rings (SSSR count). The molecule has 0 aliphatic carbocycles. The Balaban J connectivity index is 3.43. The van der Waals surface area contributed by atoms with Crippen LogP contribution in [0.5, 0.6) is 0 Å². The number of esters is 2. The Morgan fingerprint density at radius 3 is 2.05 bits per heavy atom. The minimum Gasteiger partial charge on any atom is -0.458 e. The minimum atomic E-state index is -1.76. The van der Waals surface area contributed by atoms with Crippen LogP contribution in [-0.4, -0.2) is 157 Å². The Labute approximate surface area is 325 Å². The summed E-state index contributed by atoms with van der Waals surface area (Å²) in [5, 5.41) is 92.7. The summed E-state index contributed by atoms with van der Waals surface area (Å²) in [5.74, 6) is -1.35. The molecule has 0 aromatic heterocycles. The van der Waals surface area contributed by atoms with Gasteiger partial charge in [0.2, 0.25) is 0 Å². The maximum Gasteiger partial charge on any atom is 0.306 e. The molecule has 1 saturated heterocycles. The van der Waals surface area contributed by atoms with Crippen LogP contribution in [0.2, 0.25) is 0 Å². The van der Waals surface area contributed by atoms with E-state index in [1.165, 1.54) is 19.9 Å². The molecule has 16 heteroatoms. The molecule has 0 aromatic rings. The summed E-state index contributed by atoms with van der Waals surface area (Å²) < 4.78 is 29.0. The molecule has 0 bridgehead atoms. The zero-order chi connectivity index (χ0) is 41.7. The van der Waals surface area contributed by atoms with Crippen LogP contribution in [0, 0.1) is 0 Å². The highest BCUT2D eigenvalue weighted by molar-refractivity contribution is 5.69. The summed E-state index contributed by atoms with van der Waals surface area (Å²) in [6, 6.07) is 0. The zero-order valence-electron chi connectivity index (χ0n) is 33.5. The van der Waals surface area contributed by atoms with Crippen LogP contribution < -0.4 is 0 Å². The first kappa shape index (κ1) is 51.0. The van der Waals surface area contributed by atoms with E-state index in [-0.39, 0.29) is 25.9 Å². The lowest BCUT2D eigenvalue weighted by Crippen LogP contribution is -2.62. The van der Waals surface area contributed by atoms with Gasteiger partial charge in [-0.25, -0.2) is 0 Å². The maximum absolute atomic E-state index is 13.0. The molecular weight excluding hydrogens is 724 g/mol. The Bertz CT molecular complexity index is 1140. The number of aliphatic hydroxyl groups is 9. The molecule has 1 heterocycles. The quantitative estimate of drug-likeness (QED) is 0.0305. The van der Waals surface area contributed by atoms with E-state index in [1.54, 1.807) is 6.92 Å². The Hall–Kier alpha value is -2.06. The van der Waals surface area contributed by atoms with Gasteiger partial charge in [0.05, 0.1) is 38.1 Å². The summed E-state index contributed by atoms with van der Waals surface area (Å²) in [7, 11) is 0. The number of allylic oxidation sites excluding steroid dienone is 2. The second-order valence-corrected chi connectivity index (χ2v) is 14.9. The molecular formula is C39H70O16. The normalized spacial score (nSPS) is 24.9. The molecule has 3 unspecified atom stereocenters. The number of carbonyl (C=O) groups is 2. The number of unbranched alkanes of at least 4 members (excludes halogenated alkanes) is 6. The third-order valence-corrected chi connectivity index (χ3v) is 9.69. The van der Waals surface area contributed by atoms with E-state index in [9.17, 15) is 55.5 Å². The molecule has 16 nitrogen and oxygen atoms in total. The van der Waals surface area contributed by atoms with Gasteiger partial charge in [-0.2, -0.15) is 0 Å². The molecule has 0 aromatic carbocycles. The lowest BCUT2D eigenvalue weighted by molar-refractivity contribution is -0.326. The largest absolute Gasteiger partial charge is 0.458 e. The Morgan fingerprint density at radius 2 is 1.49 bits per heavy atom. The highest BCUT2D eigenvalue weighted by atomic mass is 16.7. The molecule has 0 saturated carbocycles. The van der Waals surface area contributed by atoms with E-state index in [4.69, 9.17) is 23.7 Å². The zero-order valence-corrected chi connectivity index (χ0v) is 33.5. The van der Waals surface area contributed by atoms with Crippen LogP contribution in [0.3, 0.4) is 0 Å². The third-order valence-electron chi connectivity index (χ3n) is 9.69. The molecule has 1 aliphatic rings. The van der Waals surface area contributed by atoms with E-state index < -0.39 is 105 Å². The number of hydrogen-bond donors (Lipinski definition) is 9. The van der Waals surface area contributed by atoms with Gasteiger partial charge in [0.25, 0.3) is 0 Å². The van der Waals surface area contributed by atoms with Crippen molar-refractivity contribution in [1.82, 2.24) is 0 Å². The van der Waals surface area contributed by atoms with E-state index in [2.05, 4.69) is 6.92 Å². The first-order chi connectivity index (χ1) is 25.9. The number of rotatable bonds is 28. The van der Waals surface area contributed by atoms with E-state index in [1.807, 2.05) is 19.9 Å². The van der Waals surface area contributed by atoms with Crippen LogP contribution >= 0.6 is 0 Å². The van der Waals surface area contributed by atoms with Crippen molar-refractivity contribution in [1.29, 1.82) is 0 Å². The smallest absolute Gasteiger partial charge is 0.306 e. The first-order valence-corrected chi connectivity index (χ1v) is 19.5. The van der Waals surface area contributed by atoms with Crippen molar-refractivity contribution >= 4 is 11.9 Å². The van der Waals surface area contributed by atoms with Crippen LogP contribution in [0.15, 0.2) is 23.3 Å². The van der Waals surface area contributed by atoms with Crippen molar-refractivity contribution in [3.8, 4) is 0 Å². The van der Waals surface area contributed by atoms with Crippen LogP contribution in [0.4, 0.5) is 0 Å². The molecule has 1 aliphatic heterocycles. The maximum atomic E-state index is 13.0. The second-order valence-electron chi connectivity index (χ2n) is 14.9. The van der Waals surface area contributed by atoms with Gasteiger partial charge in [-0.3, -0.25) is 9.59 Å². The predicted octanol–water partition coefficient (Wildman–Crippen LogP) is 1.08. The van der Waals surface area contributed by atoms with Crippen molar-refractivity contribution < 1.29 is 79.2 Å². The predicted molar refractivity (Wildman–Crippen MR) is 200 cm³/mol. The fourth-order valence-electron chi connectivity index (χ4n) is 6.17. The molecule has 12 atom stereocenters. The summed E-state index contributed by atoms with van der Waals surface area (Å²) in [6.07, 6.45) is -6.28. The lowest BCUT2D eigenvalue weighted by Gasteiger charge is -2.44. The molecule has 0 amide bonds. The van der Waals surface area contributed by atoms with Gasteiger partial charge >= 0.3 is 11.9 Å². The van der Waals surface area contributed by atoms with Crippen molar-refractivity contribution in [2.24, 2.45) is 0 Å². The second kappa shape index (κ2) is 26.8. The molecule has 0 spiro atoms. The van der Waals surface area contributed by atoms with Gasteiger partial charge in [0.15, 0.2) is 12.4 Å². The molecule has 9 N–H and O–H groups in total. The van der Waals surface area contributed by atoms with Crippen molar-refractivity contribution in [3.05, 3.63) is 23.3 Å². The van der Waals surface area contributed by atoms with E-state index in [0.29, 0.717) is 18.4 Å². The lowest BCUT2D eigenvalue weighted by atomic mass is 9.87. The van der Waals surface area contributed by atoms with Gasteiger partial charge in [-0.1, -0.05) is 63.2 Å². The average molecular weight is 795 g/mol. The average Bonchev–Trinajstić information content (AvgIpc) is 3.13. The topological polar surface area (TPSA) is 262 Å². The molecule has 55 heavy (non-hydrogen) atoms. The van der Waals surface area contributed by atoms with E-state index in [0.717, 1.165) is 44.1 Å². The van der Waals surface area contributed by atoms with Crippen molar-refractivity contribution in [2.75, 3.05) is 26.4 Å². The van der Waals surface area contributed by atoms with Crippen LogP contribution in [-0.2, 0) is 33.3 Å². The van der Waals surface area contributed by atoms with Gasteiger partial charge in [-0.05, 0) is 52.5 Å². The monoisotopic (exact) mass is 794 g/mol. The van der Waals surface area contributed by atoms with Crippen LogP contribution in [0.1, 0.15) is 112 Å². The van der Waals surface area contributed by atoms with Gasteiger partial charge in [0.1, 0.15) is 48.8 Å². The first-order valence-electron chi connectivity index (χ1n) is 19.5. The molecule has 322 valence electrons. The van der Waals surface area contributed by atoms with Crippen LogP contribution in [0.25, 0.3) is 0 Å². The Kier molecular flexibility index (Phi) is 24.8. The van der Waals surface area contributed by atoms with Crippen molar-refractivity contribution in [2.45, 2.75) is 185 Å². The Morgan fingerprint density at radius 1 is 0.873 bits per heavy atom. The highest BCUT2D eigenvalue weighted by Gasteiger charge is 2.50. The van der Waals surface area contributed by atoms with Gasteiger partial charge < -0.3 is 69.6 Å². The summed E-state index contributed by atoms with van der Waals surface area (Å²) in [4.78, 5) is 25.3. The standard InChI is InChI=1S/C39H70O16/c1-7-8-9-10-11-12-13-16-32(46)55-37-35(49)34(48)30(23-42)53-38(37)54-31(39(6,50)18-14-15-24(2)3)20-29(52-26(5)43)25(4)17-19-51-36(28(45)22-41)33(47)27(44)21-40/h15,17,27-31,33-38,40-42,44-45,47-50H,7-14,16,18-23H2,1-6H3/b25-17+/t27-,28-,29?,30-,31?,33-,34-,35+,36-,37+,38-,39?/m1/s1. The summed E-state index contributed by atoms with van der Waals surface area (Å²) in [6.45, 7) is 7.48. The van der Waals surface area contributed by atoms with E-state index >= 15 is 0 Å².